The summed E-state index contributed by atoms with van der Waals surface area (Å²) in [6.45, 7) is 0.686. The average molecular weight is 274 g/mol. The minimum atomic E-state index is -0.00124. The second-order valence-electron chi connectivity index (χ2n) is 4.84. The van der Waals surface area contributed by atoms with Gasteiger partial charge in [-0.05, 0) is 36.1 Å². The minimum absolute atomic E-state index is 0.00124. The molecule has 98 valence electrons. The lowest BCUT2D eigenvalue weighted by molar-refractivity contribution is 0.316. The predicted molar refractivity (Wildman–Crippen MR) is 78.5 cm³/mol. The van der Waals surface area contributed by atoms with Crippen molar-refractivity contribution in [2.45, 2.75) is 18.9 Å². The first-order valence-electron chi connectivity index (χ1n) is 6.53. The highest BCUT2D eigenvalue weighted by Crippen LogP contribution is 2.39. The zero-order chi connectivity index (χ0) is 13.2. The van der Waals surface area contributed by atoms with E-state index in [-0.39, 0.29) is 6.04 Å². The summed E-state index contributed by atoms with van der Waals surface area (Å²) in [5.41, 5.74) is 9.47. The first-order valence-corrected chi connectivity index (χ1v) is 6.91. The van der Waals surface area contributed by atoms with E-state index < -0.39 is 0 Å². The van der Waals surface area contributed by atoms with Gasteiger partial charge in [0.2, 0.25) is 0 Å². The summed E-state index contributed by atoms with van der Waals surface area (Å²) in [4.78, 5) is 0. The second kappa shape index (κ2) is 5.24. The second-order valence-corrected chi connectivity index (χ2v) is 5.25. The van der Waals surface area contributed by atoms with Gasteiger partial charge in [-0.1, -0.05) is 41.9 Å². The van der Waals surface area contributed by atoms with Crippen molar-refractivity contribution in [1.82, 2.24) is 0 Å². The van der Waals surface area contributed by atoms with Crippen LogP contribution in [0.4, 0.5) is 0 Å². The molecule has 0 unspecified atom stereocenters. The van der Waals surface area contributed by atoms with E-state index in [1.165, 1.54) is 0 Å². The Balaban J connectivity index is 2.12. The summed E-state index contributed by atoms with van der Waals surface area (Å²) in [5, 5.41) is 0.647. The summed E-state index contributed by atoms with van der Waals surface area (Å²) >= 11 is 6.35. The van der Waals surface area contributed by atoms with E-state index in [0.29, 0.717) is 11.6 Å². The molecule has 0 aliphatic carbocycles. The zero-order valence-corrected chi connectivity index (χ0v) is 11.4. The number of ether oxygens (including phenoxy) is 1. The summed E-state index contributed by atoms with van der Waals surface area (Å²) in [6.07, 6.45) is 1.90. The highest BCUT2D eigenvalue weighted by Gasteiger charge is 2.20. The van der Waals surface area contributed by atoms with Gasteiger partial charge in [0, 0.05) is 11.6 Å². The highest BCUT2D eigenvalue weighted by molar-refractivity contribution is 6.32. The van der Waals surface area contributed by atoms with E-state index in [9.17, 15) is 0 Å². The van der Waals surface area contributed by atoms with Crippen molar-refractivity contribution < 1.29 is 4.74 Å². The van der Waals surface area contributed by atoms with Crippen LogP contribution < -0.4 is 10.5 Å². The number of nitrogens with two attached hydrogens (primary N) is 1. The fourth-order valence-electron chi connectivity index (χ4n) is 2.47. The van der Waals surface area contributed by atoms with Crippen molar-refractivity contribution in [2.24, 2.45) is 5.73 Å². The largest absolute Gasteiger partial charge is 0.492 e. The van der Waals surface area contributed by atoms with Crippen LogP contribution in [-0.2, 0) is 0 Å². The van der Waals surface area contributed by atoms with Gasteiger partial charge in [0.25, 0.3) is 0 Å². The third-order valence-electron chi connectivity index (χ3n) is 3.48. The minimum Gasteiger partial charge on any atom is -0.492 e. The van der Waals surface area contributed by atoms with Crippen LogP contribution in [-0.4, -0.2) is 6.61 Å². The van der Waals surface area contributed by atoms with E-state index in [2.05, 4.69) is 18.2 Å². The molecule has 0 spiro atoms. The van der Waals surface area contributed by atoms with Crippen LogP contribution in [0.25, 0.3) is 11.1 Å². The highest BCUT2D eigenvalue weighted by atomic mass is 35.5. The maximum Gasteiger partial charge on any atom is 0.142 e. The van der Waals surface area contributed by atoms with Crippen molar-refractivity contribution in [3.05, 3.63) is 53.1 Å². The Morgan fingerprint density at radius 2 is 1.89 bits per heavy atom. The fraction of sp³-hybridized carbons (Fsp3) is 0.250. The summed E-state index contributed by atoms with van der Waals surface area (Å²) in [7, 11) is 0. The Morgan fingerprint density at radius 3 is 2.68 bits per heavy atom. The standard InChI is InChI=1S/C16H16ClNO/c17-14-10-12(11-5-2-1-3-6-11)9-13-15(18)7-4-8-19-16(13)14/h1-3,5-6,9-10,15H,4,7-8,18H2/t15-/m1/s1. The van der Waals surface area contributed by atoms with Gasteiger partial charge in [0.05, 0.1) is 11.6 Å². The average Bonchev–Trinajstić information content (AvgIpc) is 2.63. The molecule has 0 bridgehead atoms. The van der Waals surface area contributed by atoms with Crippen LogP contribution in [0.5, 0.6) is 5.75 Å². The summed E-state index contributed by atoms with van der Waals surface area (Å²) in [5.74, 6) is 0.756. The van der Waals surface area contributed by atoms with Gasteiger partial charge in [-0.15, -0.1) is 0 Å². The van der Waals surface area contributed by atoms with Crippen molar-refractivity contribution in [2.75, 3.05) is 6.61 Å². The molecule has 0 fully saturated rings. The summed E-state index contributed by atoms with van der Waals surface area (Å²) in [6, 6.07) is 14.2. The van der Waals surface area contributed by atoms with Crippen LogP contribution in [0.1, 0.15) is 24.4 Å². The van der Waals surface area contributed by atoms with Crippen molar-refractivity contribution in [1.29, 1.82) is 0 Å². The molecule has 19 heavy (non-hydrogen) atoms. The van der Waals surface area contributed by atoms with Gasteiger partial charge in [-0.3, -0.25) is 0 Å². The number of benzene rings is 2. The molecule has 1 aliphatic rings. The molecule has 0 radical (unpaired) electrons. The van der Waals surface area contributed by atoms with Crippen molar-refractivity contribution in [3.8, 4) is 16.9 Å². The lowest BCUT2D eigenvalue weighted by atomic mass is 9.97. The molecule has 1 heterocycles. The molecule has 2 aromatic carbocycles. The first kappa shape index (κ1) is 12.5. The number of fused-ring (bicyclic) bond motifs is 1. The maximum absolute atomic E-state index is 6.35. The molecule has 3 heteroatoms. The Kier molecular flexibility index (Phi) is 3.45. The lowest BCUT2D eigenvalue weighted by Crippen LogP contribution is -2.09. The summed E-state index contributed by atoms with van der Waals surface area (Å²) < 4.78 is 5.73. The SMILES string of the molecule is N[C@@H]1CCCOc2c(Cl)cc(-c3ccccc3)cc21. The molecular weight excluding hydrogens is 258 g/mol. The van der Waals surface area contributed by atoms with Gasteiger partial charge >= 0.3 is 0 Å². The van der Waals surface area contributed by atoms with Gasteiger partial charge < -0.3 is 10.5 Å². The third-order valence-corrected chi connectivity index (χ3v) is 3.77. The molecule has 1 aliphatic heterocycles. The van der Waals surface area contributed by atoms with Gasteiger partial charge in [-0.25, -0.2) is 0 Å². The number of hydrogen-bond donors (Lipinski definition) is 1. The van der Waals surface area contributed by atoms with Crippen LogP contribution in [0.3, 0.4) is 0 Å². The van der Waals surface area contributed by atoms with E-state index in [1.807, 2.05) is 24.3 Å². The predicted octanol–water partition coefficient (Wildman–Crippen LogP) is 4.18. The molecule has 0 saturated heterocycles. The van der Waals surface area contributed by atoms with Gasteiger partial charge in [-0.2, -0.15) is 0 Å². The Bertz CT molecular complexity index is 583. The molecular formula is C16H16ClNO. The molecule has 2 nitrogen and oxygen atoms in total. The van der Waals surface area contributed by atoms with Crippen LogP contribution in [0, 0.1) is 0 Å². The first-order chi connectivity index (χ1) is 9.25. The smallest absolute Gasteiger partial charge is 0.142 e. The number of halogens is 1. The van der Waals surface area contributed by atoms with E-state index in [1.54, 1.807) is 0 Å². The number of hydrogen-bond acceptors (Lipinski definition) is 2. The molecule has 1 atom stereocenters. The van der Waals surface area contributed by atoms with Gasteiger partial charge in [0.15, 0.2) is 0 Å². The Labute approximate surface area is 118 Å². The van der Waals surface area contributed by atoms with Crippen LogP contribution in [0.2, 0.25) is 5.02 Å². The molecule has 0 aromatic heterocycles. The normalized spacial score (nSPS) is 18.3. The quantitative estimate of drug-likeness (QED) is 0.846. The van der Waals surface area contributed by atoms with E-state index >= 15 is 0 Å². The fourth-order valence-corrected chi connectivity index (χ4v) is 2.75. The third kappa shape index (κ3) is 2.46. The number of rotatable bonds is 1. The molecule has 0 saturated carbocycles. The topological polar surface area (TPSA) is 35.2 Å². The molecule has 2 aromatic rings. The van der Waals surface area contributed by atoms with Crippen LogP contribution in [0.15, 0.2) is 42.5 Å². The monoisotopic (exact) mass is 273 g/mol. The van der Waals surface area contributed by atoms with Crippen LogP contribution >= 0.6 is 11.6 Å². The van der Waals surface area contributed by atoms with E-state index in [0.717, 1.165) is 35.3 Å². The Morgan fingerprint density at radius 1 is 1.11 bits per heavy atom. The maximum atomic E-state index is 6.35. The molecule has 2 N–H and O–H groups in total. The lowest BCUT2D eigenvalue weighted by Gasteiger charge is -2.15. The van der Waals surface area contributed by atoms with Crippen molar-refractivity contribution in [3.63, 3.8) is 0 Å². The molecule has 0 amide bonds. The van der Waals surface area contributed by atoms with Crippen molar-refractivity contribution >= 4 is 11.6 Å². The van der Waals surface area contributed by atoms with Gasteiger partial charge in [0.1, 0.15) is 5.75 Å². The van der Waals surface area contributed by atoms with E-state index in [4.69, 9.17) is 22.1 Å². The molecule has 3 rings (SSSR count). The Hall–Kier alpha value is -1.51. The zero-order valence-electron chi connectivity index (χ0n) is 10.6.